The van der Waals surface area contributed by atoms with Gasteiger partial charge in [-0.2, -0.15) is 0 Å². The number of aryl methyl sites for hydroxylation is 1. The van der Waals surface area contributed by atoms with E-state index in [1.54, 1.807) is 22.9 Å². The Bertz CT molecular complexity index is 530. The zero-order valence-electron chi connectivity index (χ0n) is 9.81. The van der Waals surface area contributed by atoms with Gasteiger partial charge in [-0.05, 0) is 29.0 Å². The quantitative estimate of drug-likeness (QED) is 0.848. The summed E-state index contributed by atoms with van der Waals surface area (Å²) in [6.07, 6.45) is 0.954. The number of aromatic nitrogens is 4. The maximum atomic E-state index is 6.00. The molecule has 0 fully saturated rings. The SMILES string of the molecule is CCCn1nnnc1COc1cc(Cl)ccc1Cl. The van der Waals surface area contributed by atoms with E-state index < -0.39 is 0 Å². The van der Waals surface area contributed by atoms with Crippen molar-refractivity contribution in [1.29, 1.82) is 0 Å². The Balaban J connectivity index is 2.06. The molecule has 0 spiro atoms. The number of hydrogen-bond donors (Lipinski definition) is 0. The first-order valence-electron chi connectivity index (χ1n) is 5.53. The van der Waals surface area contributed by atoms with Gasteiger partial charge in [0.2, 0.25) is 0 Å². The van der Waals surface area contributed by atoms with Crippen LogP contribution in [-0.2, 0) is 13.2 Å². The van der Waals surface area contributed by atoms with Crippen molar-refractivity contribution in [1.82, 2.24) is 20.2 Å². The van der Waals surface area contributed by atoms with E-state index in [2.05, 4.69) is 22.4 Å². The third kappa shape index (κ3) is 3.11. The highest BCUT2D eigenvalue weighted by Gasteiger charge is 2.08. The van der Waals surface area contributed by atoms with Crippen molar-refractivity contribution >= 4 is 23.2 Å². The molecular weight excluding hydrogens is 275 g/mol. The first kappa shape index (κ1) is 13.1. The molecule has 2 aromatic rings. The van der Waals surface area contributed by atoms with E-state index in [-0.39, 0.29) is 6.61 Å². The Kier molecular flexibility index (Phi) is 4.38. The monoisotopic (exact) mass is 286 g/mol. The molecule has 0 atom stereocenters. The van der Waals surface area contributed by atoms with Crippen molar-refractivity contribution in [3.05, 3.63) is 34.1 Å². The fourth-order valence-corrected chi connectivity index (χ4v) is 1.78. The van der Waals surface area contributed by atoms with Crippen LogP contribution >= 0.6 is 23.2 Å². The minimum absolute atomic E-state index is 0.257. The van der Waals surface area contributed by atoms with Gasteiger partial charge < -0.3 is 4.74 Å². The minimum Gasteiger partial charge on any atom is -0.484 e. The van der Waals surface area contributed by atoms with Gasteiger partial charge in [-0.3, -0.25) is 0 Å². The zero-order valence-corrected chi connectivity index (χ0v) is 11.3. The Morgan fingerprint density at radius 1 is 1.33 bits per heavy atom. The lowest BCUT2D eigenvalue weighted by molar-refractivity contribution is 0.286. The first-order valence-corrected chi connectivity index (χ1v) is 6.29. The lowest BCUT2D eigenvalue weighted by atomic mass is 10.3. The fourth-order valence-electron chi connectivity index (χ4n) is 1.44. The summed E-state index contributed by atoms with van der Waals surface area (Å²) in [7, 11) is 0. The molecule has 0 aliphatic heterocycles. The van der Waals surface area contributed by atoms with E-state index in [1.807, 2.05) is 0 Å². The largest absolute Gasteiger partial charge is 0.484 e. The summed E-state index contributed by atoms with van der Waals surface area (Å²) < 4.78 is 7.28. The molecule has 0 aliphatic carbocycles. The Hall–Kier alpha value is -1.33. The van der Waals surface area contributed by atoms with Crippen LogP contribution in [-0.4, -0.2) is 20.2 Å². The molecule has 2 rings (SSSR count). The Morgan fingerprint density at radius 2 is 2.17 bits per heavy atom. The van der Waals surface area contributed by atoms with Crippen LogP contribution < -0.4 is 4.74 Å². The molecule has 0 aliphatic rings. The van der Waals surface area contributed by atoms with Gasteiger partial charge in [-0.25, -0.2) is 4.68 Å². The van der Waals surface area contributed by atoms with Gasteiger partial charge >= 0.3 is 0 Å². The summed E-state index contributed by atoms with van der Waals surface area (Å²) in [5.41, 5.74) is 0. The van der Waals surface area contributed by atoms with Crippen LogP contribution in [0.2, 0.25) is 10.0 Å². The zero-order chi connectivity index (χ0) is 13.0. The molecule has 0 unspecified atom stereocenters. The standard InChI is InChI=1S/C11H12Cl2N4O/c1-2-5-17-11(14-15-16-17)7-18-10-6-8(12)3-4-9(10)13/h3-4,6H,2,5,7H2,1H3. The molecule has 1 aromatic heterocycles. The number of halogens is 2. The van der Waals surface area contributed by atoms with Gasteiger partial charge in [-0.1, -0.05) is 30.1 Å². The van der Waals surface area contributed by atoms with Gasteiger partial charge in [0, 0.05) is 17.6 Å². The van der Waals surface area contributed by atoms with Gasteiger partial charge in [0.1, 0.15) is 12.4 Å². The van der Waals surface area contributed by atoms with Crippen LogP contribution in [0.5, 0.6) is 5.75 Å². The third-order valence-corrected chi connectivity index (χ3v) is 2.84. The van der Waals surface area contributed by atoms with E-state index in [1.165, 1.54) is 0 Å². The van der Waals surface area contributed by atoms with Crippen molar-refractivity contribution < 1.29 is 4.74 Å². The van der Waals surface area contributed by atoms with E-state index in [0.29, 0.717) is 21.6 Å². The highest BCUT2D eigenvalue weighted by molar-refractivity contribution is 6.34. The molecule has 7 heteroatoms. The van der Waals surface area contributed by atoms with E-state index in [4.69, 9.17) is 27.9 Å². The van der Waals surface area contributed by atoms with Gasteiger partial charge in [0.15, 0.2) is 5.82 Å². The first-order chi connectivity index (χ1) is 8.70. The van der Waals surface area contributed by atoms with Crippen LogP contribution in [0.15, 0.2) is 18.2 Å². The molecule has 18 heavy (non-hydrogen) atoms. The molecule has 1 heterocycles. The summed E-state index contributed by atoms with van der Waals surface area (Å²) in [4.78, 5) is 0. The van der Waals surface area contributed by atoms with Gasteiger partial charge in [0.05, 0.1) is 5.02 Å². The molecule has 0 bridgehead atoms. The summed E-state index contributed by atoms with van der Waals surface area (Å²) in [5, 5.41) is 12.5. The minimum atomic E-state index is 0.257. The summed E-state index contributed by atoms with van der Waals surface area (Å²) >= 11 is 11.9. The van der Waals surface area contributed by atoms with Crippen LogP contribution in [0, 0.1) is 0 Å². The number of tetrazole rings is 1. The highest BCUT2D eigenvalue weighted by Crippen LogP contribution is 2.28. The number of nitrogens with zero attached hydrogens (tertiary/aromatic N) is 4. The van der Waals surface area contributed by atoms with Crippen LogP contribution in [0.25, 0.3) is 0 Å². The molecule has 1 aromatic carbocycles. The van der Waals surface area contributed by atoms with Crippen LogP contribution in [0.3, 0.4) is 0 Å². The van der Waals surface area contributed by atoms with Crippen LogP contribution in [0.1, 0.15) is 19.2 Å². The number of ether oxygens (including phenoxy) is 1. The molecule has 0 saturated carbocycles. The van der Waals surface area contributed by atoms with Crippen molar-refractivity contribution in [2.75, 3.05) is 0 Å². The maximum absolute atomic E-state index is 6.00. The summed E-state index contributed by atoms with van der Waals surface area (Å²) in [6.45, 7) is 3.07. The molecule has 0 saturated heterocycles. The molecule has 5 nitrogen and oxygen atoms in total. The predicted molar refractivity (Wildman–Crippen MR) is 68.9 cm³/mol. The third-order valence-electron chi connectivity index (χ3n) is 2.29. The van der Waals surface area contributed by atoms with Gasteiger partial charge in [-0.15, -0.1) is 5.10 Å². The van der Waals surface area contributed by atoms with Crippen molar-refractivity contribution in [2.45, 2.75) is 26.5 Å². The van der Waals surface area contributed by atoms with Crippen molar-refractivity contribution in [3.63, 3.8) is 0 Å². The lowest BCUT2D eigenvalue weighted by Crippen LogP contribution is -2.08. The lowest BCUT2D eigenvalue weighted by Gasteiger charge is -2.08. The molecule has 0 N–H and O–H groups in total. The second-order valence-corrected chi connectivity index (χ2v) is 4.53. The predicted octanol–water partition coefficient (Wildman–Crippen LogP) is 2.97. The summed E-state index contributed by atoms with van der Waals surface area (Å²) in [6, 6.07) is 5.06. The topological polar surface area (TPSA) is 52.8 Å². The second kappa shape index (κ2) is 6.02. The number of rotatable bonds is 5. The molecular formula is C11H12Cl2N4O. The van der Waals surface area contributed by atoms with E-state index in [9.17, 15) is 0 Å². The van der Waals surface area contributed by atoms with Crippen LogP contribution in [0.4, 0.5) is 0 Å². The Labute approximate surface area is 115 Å². The maximum Gasteiger partial charge on any atom is 0.189 e. The number of benzene rings is 1. The fraction of sp³-hybridized carbons (Fsp3) is 0.364. The molecule has 0 amide bonds. The van der Waals surface area contributed by atoms with Crippen molar-refractivity contribution in [2.24, 2.45) is 0 Å². The smallest absolute Gasteiger partial charge is 0.189 e. The average Bonchev–Trinajstić information content (AvgIpc) is 2.78. The van der Waals surface area contributed by atoms with Crippen molar-refractivity contribution in [3.8, 4) is 5.75 Å². The summed E-state index contributed by atoms with van der Waals surface area (Å²) in [5.74, 6) is 1.18. The van der Waals surface area contributed by atoms with Gasteiger partial charge in [0.25, 0.3) is 0 Å². The average molecular weight is 287 g/mol. The highest BCUT2D eigenvalue weighted by atomic mass is 35.5. The molecule has 0 radical (unpaired) electrons. The normalized spacial score (nSPS) is 10.6. The number of hydrogen-bond acceptors (Lipinski definition) is 4. The molecule has 96 valence electrons. The Morgan fingerprint density at radius 3 is 2.94 bits per heavy atom. The van der Waals surface area contributed by atoms with E-state index in [0.717, 1.165) is 13.0 Å². The second-order valence-electron chi connectivity index (χ2n) is 3.68. The van der Waals surface area contributed by atoms with E-state index >= 15 is 0 Å².